The minimum atomic E-state index is -0.270. The molecule has 0 heterocycles. The molecule has 0 aromatic heterocycles. The van der Waals surface area contributed by atoms with Crippen LogP contribution in [0.4, 0.5) is 0 Å². The largest absolute Gasteiger partial charge is 0.462 e. The number of hydrogen-bond acceptors (Lipinski definition) is 3. The molecular weight excluding hydrogens is 216 g/mol. The molecule has 0 unspecified atom stereocenters. The lowest BCUT2D eigenvalue weighted by atomic mass is 9.85. The second-order valence-electron chi connectivity index (χ2n) is 4.80. The Hall–Kier alpha value is -0.830. The molecule has 0 aromatic rings. The summed E-state index contributed by atoms with van der Waals surface area (Å²) in [5, 5.41) is 0. The first-order valence-corrected chi connectivity index (χ1v) is 6.57. The molecule has 0 amide bonds. The third-order valence-corrected chi connectivity index (χ3v) is 3.30. The lowest BCUT2D eigenvalue weighted by molar-refractivity contribution is -0.139. The molecule has 3 heteroatoms. The van der Waals surface area contributed by atoms with Crippen LogP contribution in [0.15, 0.2) is 12.2 Å². The Kier molecular flexibility index (Phi) is 6.27. The number of ether oxygens (including phenoxy) is 2. The van der Waals surface area contributed by atoms with Gasteiger partial charge in [0.1, 0.15) is 0 Å². The Morgan fingerprint density at radius 2 is 1.94 bits per heavy atom. The lowest BCUT2D eigenvalue weighted by Crippen LogP contribution is -2.22. The van der Waals surface area contributed by atoms with E-state index in [0.29, 0.717) is 24.2 Å². The Morgan fingerprint density at radius 3 is 2.47 bits per heavy atom. The maximum atomic E-state index is 11.2. The lowest BCUT2D eigenvalue weighted by Gasteiger charge is -2.28. The zero-order valence-electron chi connectivity index (χ0n) is 11.0. The van der Waals surface area contributed by atoms with Crippen molar-refractivity contribution in [3.63, 3.8) is 0 Å². The average Bonchev–Trinajstić information content (AvgIpc) is 2.31. The summed E-state index contributed by atoms with van der Waals surface area (Å²) < 4.78 is 10.7. The fraction of sp³-hybridized carbons (Fsp3) is 0.786. The summed E-state index contributed by atoms with van der Waals surface area (Å²) in [6, 6.07) is 0. The maximum absolute atomic E-state index is 11.2. The molecule has 0 N–H and O–H groups in total. The van der Waals surface area contributed by atoms with E-state index in [4.69, 9.17) is 9.47 Å². The van der Waals surface area contributed by atoms with Gasteiger partial charge in [0.15, 0.2) is 0 Å². The van der Waals surface area contributed by atoms with Gasteiger partial charge in [-0.1, -0.05) is 6.58 Å². The maximum Gasteiger partial charge on any atom is 0.333 e. The molecule has 1 fully saturated rings. The van der Waals surface area contributed by atoms with Crippen LogP contribution < -0.4 is 0 Å². The zero-order valence-corrected chi connectivity index (χ0v) is 11.0. The SMILES string of the molecule is C=C(C)C(=O)OCCC1CCC(OCC)CC1. The topological polar surface area (TPSA) is 35.5 Å². The first kappa shape index (κ1) is 14.2. The monoisotopic (exact) mass is 240 g/mol. The summed E-state index contributed by atoms with van der Waals surface area (Å²) in [5.74, 6) is 0.414. The first-order valence-electron chi connectivity index (χ1n) is 6.57. The molecule has 1 saturated carbocycles. The highest BCUT2D eigenvalue weighted by Gasteiger charge is 2.21. The molecule has 1 aliphatic rings. The van der Waals surface area contributed by atoms with Gasteiger partial charge in [-0.3, -0.25) is 0 Å². The highest BCUT2D eigenvalue weighted by atomic mass is 16.5. The molecule has 0 bridgehead atoms. The van der Waals surface area contributed by atoms with Crippen molar-refractivity contribution in [2.24, 2.45) is 5.92 Å². The van der Waals surface area contributed by atoms with E-state index in [1.54, 1.807) is 6.92 Å². The van der Waals surface area contributed by atoms with Crippen LogP contribution in [-0.4, -0.2) is 25.3 Å². The van der Waals surface area contributed by atoms with Crippen molar-refractivity contribution < 1.29 is 14.3 Å². The standard InChI is InChI=1S/C14H24O3/c1-4-16-13-7-5-12(6-8-13)9-10-17-14(15)11(2)3/h12-13H,2,4-10H2,1,3H3. The molecule has 0 spiro atoms. The molecule has 3 nitrogen and oxygen atoms in total. The minimum absolute atomic E-state index is 0.270. The summed E-state index contributed by atoms with van der Waals surface area (Å²) in [7, 11) is 0. The number of carbonyl (C=O) groups is 1. The van der Waals surface area contributed by atoms with E-state index in [1.165, 1.54) is 12.8 Å². The Labute approximate surface area is 104 Å². The van der Waals surface area contributed by atoms with Crippen LogP contribution >= 0.6 is 0 Å². The Bertz CT molecular complexity index is 252. The molecular formula is C14H24O3. The van der Waals surface area contributed by atoms with E-state index in [0.717, 1.165) is 25.9 Å². The van der Waals surface area contributed by atoms with Gasteiger partial charge in [0.25, 0.3) is 0 Å². The summed E-state index contributed by atoms with van der Waals surface area (Å²) in [4.78, 5) is 11.2. The third kappa shape index (κ3) is 5.35. The molecule has 0 aromatic carbocycles. The molecule has 0 aliphatic heterocycles. The molecule has 17 heavy (non-hydrogen) atoms. The molecule has 1 aliphatic carbocycles. The highest BCUT2D eigenvalue weighted by molar-refractivity contribution is 5.86. The molecule has 0 radical (unpaired) electrons. The van der Waals surface area contributed by atoms with Crippen molar-refractivity contribution in [2.75, 3.05) is 13.2 Å². The molecule has 0 saturated heterocycles. The predicted molar refractivity (Wildman–Crippen MR) is 67.8 cm³/mol. The molecule has 0 atom stereocenters. The van der Waals surface area contributed by atoms with E-state index >= 15 is 0 Å². The van der Waals surface area contributed by atoms with E-state index in [1.807, 2.05) is 6.92 Å². The van der Waals surface area contributed by atoms with Gasteiger partial charge in [0.2, 0.25) is 0 Å². The molecule has 1 rings (SSSR count). The minimum Gasteiger partial charge on any atom is -0.462 e. The number of rotatable bonds is 6. The number of esters is 1. The number of carbonyl (C=O) groups excluding carboxylic acids is 1. The van der Waals surface area contributed by atoms with Crippen LogP contribution in [-0.2, 0) is 14.3 Å². The van der Waals surface area contributed by atoms with Crippen LogP contribution in [0.25, 0.3) is 0 Å². The van der Waals surface area contributed by atoms with Crippen molar-refractivity contribution in [3.05, 3.63) is 12.2 Å². The summed E-state index contributed by atoms with van der Waals surface area (Å²) in [5.41, 5.74) is 0.477. The van der Waals surface area contributed by atoms with Gasteiger partial charge in [-0.2, -0.15) is 0 Å². The van der Waals surface area contributed by atoms with Crippen molar-refractivity contribution in [2.45, 2.75) is 52.1 Å². The number of hydrogen-bond donors (Lipinski definition) is 0. The Morgan fingerprint density at radius 1 is 1.29 bits per heavy atom. The van der Waals surface area contributed by atoms with Gasteiger partial charge in [-0.05, 0) is 51.9 Å². The highest BCUT2D eigenvalue weighted by Crippen LogP contribution is 2.28. The van der Waals surface area contributed by atoms with Crippen LogP contribution in [0.1, 0.15) is 46.0 Å². The van der Waals surface area contributed by atoms with Gasteiger partial charge in [-0.15, -0.1) is 0 Å². The second-order valence-corrected chi connectivity index (χ2v) is 4.80. The van der Waals surface area contributed by atoms with Crippen LogP contribution in [0.5, 0.6) is 0 Å². The predicted octanol–water partition coefficient (Wildman–Crippen LogP) is 3.09. The smallest absolute Gasteiger partial charge is 0.333 e. The van der Waals surface area contributed by atoms with E-state index in [2.05, 4.69) is 6.58 Å². The Balaban J connectivity index is 2.10. The first-order chi connectivity index (χ1) is 8.13. The second kappa shape index (κ2) is 7.49. The van der Waals surface area contributed by atoms with E-state index in [-0.39, 0.29) is 5.97 Å². The van der Waals surface area contributed by atoms with Gasteiger partial charge in [0.05, 0.1) is 12.7 Å². The van der Waals surface area contributed by atoms with Gasteiger partial charge in [0, 0.05) is 12.2 Å². The van der Waals surface area contributed by atoms with Crippen molar-refractivity contribution in [3.8, 4) is 0 Å². The zero-order chi connectivity index (χ0) is 12.7. The van der Waals surface area contributed by atoms with E-state index in [9.17, 15) is 4.79 Å². The fourth-order valence-corrected chi connectivity index (χ4v) is 2.26. The normalized spacial score (nSPS) is 24.4. The van der Waals surface area contributed by atoms with Crippen LogP contribution in [0, 0.1) is 5.92 Å². The third-order valence-electron chi connectivity index (χ3n) is 3.30. The summed E-state index contributed by atoms with van der Waals surface area (Å²) >= 11 is 0. The van der Waals surface area contributed by atoms with Crippen LogP contribution in [0.3, 0.4) is 0 Å². The summed E-state index contributed by atoms with van der Waals surface area (Å²) in [6.45, 7) is 8.62. The van der Waals surface area contributed by atoms with Gasteiger partial charge < -0.3 is 9.47 Å². The van der Waals surface area contributed by atoms with E-state index < -0.39 is 0 Å². The van der Waals surface area contributed by atoms with Gasteiger partial charge in [-0.25, -0.2) is 4.79 Å². The van der Waals surface area contributed by atoms with Crippen LogP contribution in [0.2, 0.25) is 0 Å². The fourth-order valence-electron chi connectivity index (χ4n) is 2.26. The summed E-state index contributed by atoms with van der Waals surface area (Å²) in [6.07, 6.45) is 6.09. The van der Waals surface area contributed by atoms with Crippen molar-refractivity contribution in [1.29, 1.82) is 0 Å². The molecule has 98 valence electrons. The van der Waals surface area contributed by atoms with Gasteiger partial charge >= 0.3 is 5.97 Å². The van der Waals surface area contributed by atoms with Crippen molar-refractivity contribution in [1.82, 2.24) is 0 Å². The quantitative estimate of drug-likeness (QED) is 0.528. The van der Waals surface area contributed by atoms with Crippen molar-refractivity contribution >= 4 is 5.97 Å². The average molecular weight is 240 g/mol.